The molecule has 0 radical (unpaired) electrons. The second kappa shape index (κ2) is 6.32. The van der Waals surface area contributed by atoms with Gasteiger partial charge in [-0.3, -0.25) is 9.80 Å². The lowest BCUT2D eigenvalue weighted by molar-refractivity contribution is 0.0698. The molecule has 4 aliphatic rings. The molecule has 3 aliphatic heterocycles. The zero-order valence-corrected chi connectivity index (χ0v) is 14.9. The first kappa shape index (κ1) is 16.2. The summed E-state index contributed by atoms with van der Waals surface area (Å²) in [5, 5.41) is 13.3. The summed E-state index contributed by atoms with van der Waals surface area (Å²) in [6, 6.07) is 0.689. The van der Waals surface area contributed by atoms with E-state index in [1.54, 1.807) is 10.7 Å². The van der Waals surface area contributed by atoms with Crippen molar-refractivity contribution < 1.29 is 9.90 Å². The van der Waals surface area contributed by atoms with Gasteiger partial charge in [0.25, 0.3) is 0 Å². The van der Waals surface area contributed by atoms with E-state index in [0.29, 0.717) is 11.7 Å². The summed E-state index contributed by atoms with van der Waals surface area (Å²) in [4.78, 5) is 20.9. The van der Waals surface area contributed by atoms with Crippen molar-refractivity contribution >= 4 is 11.6 Å². The van der Waals surface area contributed by atoms with Crippen molar-refractivity contribution in [2.45, 2.75) is 38.3 Å². The molecule has 5 heterocycles. The Morgan fingerprint density at radius 1 is 1.15 bits per heavy atom. The van der Waals surface area contributed by atoms with Crippen LogP contribution >= 0.6 is 0 Å². The van der Waals surface area contributed by atoms with E-state index >= 15 is 0 Å². The molecule has 1 N–H and O–H groups in total. The highest BCUT2D eigenvalue weighted by molar-refractivity contribution is 5.93. The number of carbonyl (C=O) groups is 1. The average molecular weight is 355 g/mol. The van der Waals surface area contributed by atoms with Crippen molar-refractivity contribution in [2.24, 2.45) is 11.8 Å². The lowest BCUT2D eigenvalue weighted by atomic mass is 9.95. The minimum absolute atomic E-state index is 0.153. The Labute approximate surface area is 152 Å². The van der Waals surface area contributed by atoms with Crippen LogP contribution in [0.2, 0.25) is 0 Å². The molecular formula is C19H25N5O2. The summed E-state index contributed by atoms with van der Waals surface area (Å²) >= 11 is 0. The van der Waals surface area contributed by atoms with Gasteiger partial charge in [0.15, 0.2) is 5.65 Å². The molecule has 2 bridgehead atoms. The molecule has 1 aliphatic carbocycles. The molecule has 26 heavy (non-hydrogen) atoms. The third-order valence-corrected chi connectivity index (χ3v) is 6.14. The molecule has 0 amide bonds. The third kappa shape index (κ3) is 3.10. The minimum atomic E-state index is -0.986. The highest BCUT2D eigenvalue weighted by Crippen LogP contribution is 2.35. The van der Waals surface area contributed by atoms with Crippen LogP contribution in [-0.4, -0.2) is 67.7 Å². The van der Waals surface area contributed by atoms with Gasteiger partial charge in [-0.25, -0.2) is 14.3 Å². The molecule has 4 fully saturated rings. The zero-order chi connectivity index (χ0) is 17.7. The topological polar surface area (TPSA) is 74.0 Å². The first-order chi connectivity index (χ1) is 12.7. The molecule has 0 aromatic carbocycles. The van der Waals surface area contributed by atoms with Crippen molar-refractivity contribution in [2.75, 3.05) is 26.2 Å². The smallest absolute Gasteiger partial charge is 0.341 e. The summed E-state index contributed by atoms with van der Waals surface area (Å²) in [7, 11) is 0. The van der Waals surface area contributed by atoms with Gasteiger partial charge in [0.05, 0.1) is 6.20 Å². The number of piperidine rings is 1. The summed E-state index contributed by atoms with van der Waals surface area (Å²) in [5.41, 5.74) is 1.65. The van der Waals surface area contributed by atoms with E-state index in [9.17, 15) is 9.90 Å². The van der Waals surface area contributed by atoms with Gasteiger partial charge in [-0.1, -0.05) is 0 Å². The molecule has 2 aromatic rings. The largest absolute Gasteiger partial charge is 0.477 e. The van der Waals surface area contributed by atoms with Crippen LogP contribution in [0.1, 0.15) is 41.6 Å². The maximum absolute atomic E-state index is 11.2. The van der Waals surface area contributed by atoms with Crippen LogP contribution in [0.5, 0.6) is 0 Å². The van der Waals surface area contributed by atoms with Crippen molar-refractivity contribution in [3.05, 3.63) is 29.7 Å². The standard InChI is InChI=1S/C19H25N5O2/c25-19(26)17-6-21-24-11-15(5-20-18(17)24)8-22-7-14-3-4-16(12-22)23(10-14)9-13-1-2-13/h5-6,11,13-14,16H,1-4,7-10,12H2,(H,25,26)/t14-,16+/m0/s1. The fraction of sp³-hybridized carbons (Fsp3) is 0.632. The molecule has 6 rings (SSSR count). The van der Waals surface area contributed by atoms with Gasteiger partial charge in [0.1, 0.15) is 5.56 Å². The molecule has 0 spiro atoms. The van der Waals surface area contributed by atoms with Gasteiger partial charge in [0, 0.05) is 56.7 Å². The molecule has 2 aromatic heterocycles. The zero-order valence-electron chi connectivity index (χ0n) is 14.9. The highest BCUT2D eigenvalue weighted by atomic mass is 16.4. The Kier molecular flexibility index (Phi) is 3.94. The maximum Gasteiger partial charge on any atom is 0.341 e. The van der Waals surface area contributed by atoms with Gasteiger partial charge in [-0.2, -0.15) is 5.10 Å². The Balaban J connectivity index is 1.31. The fourth-order valence-electron chi connectivity index (χ4n) is 4.67. The van der Waals surface area contributed by atoms with Crippen LogP contribution in [0.15, 0.2) is 18.6 Å². The van der Waals surface area contributed by atoms with Gasteiger partial charge < -0.3 is 5.11 Å². The van der Waals surface area contributed by atoms with Crippen LogP contribution in [0.3, 0.4) is 0 Å². The van der Waals surface area contributed by atoms with Crippen LogP contribution < -0.4 is 0 Å². The fourth-order valence-corrected chi connectivity index (χ4v) is 4.67. The normalized spacial score (nSPS) is 27.1. The van der Waals surface area contributed by atoms with E-state index in [2.05, 4.69) is 19.9 Å². The Hall–Kier alpha value is -1.99. The summed E-state index contributed by atoms with van der Waals surface area (Å²) in [6.45, 7) is 5.69. The van der Waals surface area contributed by atoms with E-state index < -0.39 is 5.97 Å². The monoisotopic (exact) mass is 355 g/mol. The Morgan fingerprint density at radius 3 is 2.85 bits per heavy atom. The SMILES string of the molecule is O=C(O)c1cnn2cc(CN3C[C@@H]4CC[C@H](C3)N(CC3CC3)C4)cnc12. The van der Waals surface area contributed by atoms with Gasteiger partial charge in [-0.05, 0) is 37.5 Å². The quantitative estimate of drug-likeness (QED) is 0.881. The van der Waals surface area contributed by atoms with E-state index in [1.807, 2.05) is 6.20 Å². The van der Waals surface area contributed by atoms with Crippen molar-refractivity contribution in [1.29, 1.82) is 0 Å². The molecule has 1 saturated carbocycles. The second-order valence-corrected chi connectivity index (χ2v) is 8.28. The predicted octanol–water partition coefficient (Wildman–Crippen LogP) is 1.73. The molecule has 2 atom stereocenters. The summed E-state index contributed by atoms with van der Waals surface area (Å²) in [5.74, 6) is 0.741. The maximum atomic E-state index is 11.2. The van der Waals surface area contributed by atoms with Gasteiger partial charge in [-0.15, -0.1) is 0 Å². The second-order valence-electron chi connectivity index (χ2n) is 8.28. The number of aromatic nitrogens is 3. The van der Waals surface area contributed by atoms with Gasteiger partial charge in [0.2, 0.25) is 0 Å². The number of hydrogen-bond acceptors (Lipinski definition) is 5. The van der Waals surface area contributed by atoms with Crippen LogP contribution in [-0.2, 0) is 6.54 Å². The van der Waals surface area contributed by atoms with Crippen LogP contribution in [0, 0.1) is 11.8 Å². The van der Waals surface area contributed by atoms with Crippen LogP contribution in [0.25, 0.3) is 5.65 Å². The van der Waals surface area contributed by atoms with E-state index in [0.717, 1.165) is 37.0 Å². The number of fused-ring (bicyclic) bond motifs is 5. The van der Waals surface area contributed by atoms with E-state index in [1.165, 1.54) is 45.0 Å². The van der Waals surface area contributed by atoms with Crippen LogP contribution in [0.4, 0.5) is 0 Å². The highest BCUT2D eigenvalue weighted by Gasteiger charge is 2.37. The molecule has 0 unspecified atom stereocenters. The number of rotatable bonds is 5. The van der Waals surface area contributed by atoms with Crippen molar-refractivity contribution in [3.63, 3.8) is 0 Å². The Morgan fingerprint density at radius 2 is 2.04 bits per heavy atom. The first-order valence-corrected chi connectivity index (χ1v) is 9.67. The Bertz CT molecular complexity index is 830. The predicted molar refractivity (Wildman–Crippen MR) is 96.0 cm³/mol. The molecule has 3 saturated heterocycles. The number of nitrogens with zero attached hydrogens (tertiary/aromatic N) is 5. The number of hydrogen-bond donors (Lipinski definition) is 1. The molecule has 138 valence electrons. The molecular weight excluding hydrogens is 330 g/mol. The number of carboxylic acid groups (broad SMARTS) is 1. The lowest BCUT2D eigenvalue weighted by Crippen LogP contribution is -2.44. The number of aromatic carboxylic acids is 1. The number of carboxylic acids is 1. The summed E-state index contributed by atoms with van der Waals surface area (Å²) < 4.78 is 1.59. The molecule has 7 heteroatoms. The van der Waals surface area contributed by atoms with E-state index in [4.69, 9.17) is 0 Å². The third-order valence-electron chi connectivity index (χ3n) is 6.14. The van der Waals surface area contributed by atoms with Crippen molar-refractivity contribution in [3.8, 4) is 0 Å². The lowest BCUT2D eigenvalue weighted by Gasteiger charge is -2.36. The first-order valence-electron chi connectivity index (χ1n) is 9.67. The average Bonchev–Trinajstić information content (AvgIpc) is 3.38. The van der Waals surface area contributed by atoms with Gasteiger partial charge >= 0.3 is 5.97 Å². The van der Waals surface area contributed by atoms with E-state index in [-0.39, 0.29) is 5.56 Å². The van der Waals surface area contributed by atoms with Crippen molar-refractivity contribution in [1.82, 2.24) is 24.4 Å². The minimum Gasteiger partial charge on any atom is -0.477 e. The molecule has 7 nitrogen and oxygen atoms in total. The summed E-state index contributed by atoms with van der Waals surface area (Å²) in [6.07, 6.45) is 10.6.